The number of aryl methyl sites for hydroxylation is 1. The Bertz CT molecular complexity index is 797. The summed E-state index contributed by atoms with van der Waals surface area (Å²) in [6.07, 6.45) is 1.09. The van der Waals surface area contributed by atoms with E-state index in [1.54, 1.807) is 0 Å². The first-order chi connectivity index (χ1) is 12.4. The first-order valence-electron chi connectivity index (χ1n) is 9.65. The zero-order valence-electron chi connectivity index (χ0n) is 17.1. The van der Waals surface area contributed by atoms with E-state index in [1.807, 2.05) is 18.0 Å². The second-order valence-electron chi connectivity index (χ2n) is 7.83. The van der Waals surface area contributed by atoms with E-state index in [0.717, 1.165) is 48.7 Å². The van der Waals surface area contributed by atoms with Gasteiger partial charge in [0.2, 0.25) is 0 Å². The molecule has 1 aromatic carbocycles. The van der Waals surface area contributed by atoms with Gasteiger partial charge in [0.25, 0.3) is 5.91 Å². The molecule has 1 aromatic heterocycles. The first kappa shape index (κ1) is 21.5. The van der Waals surface area contributed by atoms with E-state index in [2.05, 4.69) is 61.8 Å². The van der Waals surface area contributed by atoms with E-state index in [0.29, 0.717) is 11.8 Å². The molecule has 0 bridgehead atoms. The van der Waals surface area contributed by atoms with Crippen molar-refractivity contribution in [3.05, 3.63) is 52.8 Å². The summed E-state index contributed by atoms with van der Waals surface area (Å²) < 4.78 is 2.21. The predicted molar refractivity (Wildman–Crippen MR) is 115 cm³/mol. The summed E-state index contributed by atoms with van der Waals surface area (Å²) in [5.74, 6) is 1.22. The summed E-state index contributed by atoms with van der Waals surface area (Å²) >= 11 is 0. The van der Waals surface area contributed by atoms with Crippen LogP contribution in [0.1, 0.15) is 53.5 Å². The largest absolute Gasteiger partial charge is 0.338 e. The van der Waals surface area contributed by atoms with Gasteiger partial charge in [-0.1, -0.05) is 26.0 Å². The topological polar surface area (TPSA) is 37.3 Å². The fourth-order valence-electron chi connectivity index (χ4n) is 4.04. The molecule has 1 fully saturated rings. The molecular formula is C22H32ClN3O. The van der Waals surface area contributed by atoms with Crippen LogP contribution in [0.4, 0.5) is 0 Å². The van der Waals surface area contributed by atoms with Gasteiger partial charge in [0, 0.05) is 30.2 Å². The lowest BCUT2D eigenvalue weighted by atomic mass is 10.0. The van der Waals surface area contributed by atoms with Gasteiger partial charge >= 0.3 is 0 Å². The van der Waals surface area contributed by atoms with Gasteiger partial charge in [0.15, 0.2) is 0 Å². The van der Waals surface area contributed by atoms with Gasteiger partial charge in [0.1, 0.15) is 0 Å². The molecule has 0 spiro atoms. The molecule has 0 aliphatic carbocycles. The molecule has 1 saturated heterocycles. The summed E-state index contributed by atoms with van der Waals surface area (Å²) in [5, 5.41) is 3.23. The zero-order valence-corrected chi connectivity index (χ0v) is 17.9. The number of rotatable bonds is 5. The van der Waals surface area contributed by atoms with Gasteiger partial charge in [-0.2, -0.15) is 0 Å². The average molecular weight is 390 g/mol. The summed E-state index contributed by atoms with van der Waals surface area (Å²) in [5.41, 5.74) is 5.43. The zero-order chi connectivity index (χ0) is 18.8. The Kier molecular flexibility index (Phi) is 7.12. The number of amides is 1. The molecule has 1 amide bonds. The minimum absolute atomic E-state index is 0. The molecule has 27 heavy (non-hydrogen) atoms. The number of benzene rings is 1. The van der Waals surface area contributed by atoms with Crippen molar-refractivity contribution in [1.82, 2.24) is 14.8 Å². The Balaban J connectivity index is 0.00000261. The molecule has 1 atom stereocenters. The van der Waals surface area contributed by atoms with Gasteiger partial charge in [0.05, 0.1) is 5.56 Å². The highest BCUT2D eigenvalue weighted by Crippen LogP contribution is 2.26. The third-order valence-electron chi connectivity index (χ3n) is 5.52. The highest BCUT2D eigenvalue weighted by Gasteiger charge is 2.28. The number of aromatic nitrogens is 1. The summed E-state index contributed by atoms with van der Waals surface area (Å²) in [4.78, 5) is 15.1. The standard InChI is InChI=1S/C22H31N3O.ClH/c1-15(2)19-7-6-8-20(12-19)25-16(3)11-21(17(25)4)22(26)24-10-9-18(14-24)13-23-5;/h6-8,11-12,15,18,23H,9-10,13-14H2,1-5H3;1H. The highest BCUT2D eigenvalue weighted by molar-refractivity contribution is 5.96. The summed E-state index contributed by atoms with van der Waals surface area (Å²) in [6.45, 7) is 11.2. The van der Waals surface area contributed by atoms with Gasteiger partial charge in [-0.25, -0.2) is 0 Å². The number of hydrogen-bond acceptors (Lipinski definition) is 2. The van der Waals surface area contributed by atoms with E-state index in [1.165, 1.54) is 5.56 Å². The molecule has 4 nitrogen and oxygen atoms in total. The molecule has 2 heterocycles. The smallest absolute Gasteiger partial charge is 0.255 e. The fourth-order valence-corrected chi connectivity index (χ4v) is 4.04. The quantitative estimate of drug-likeness (QED) is 0.826. The number of carbonyl (C=O) groups excluding carboxylic acids is 1. The van der Waals surface area contributed by atoms with Crippen LogP contribution in [-0.2, 0) is 0 Å². The Labute approximate surface area is 169 Å². The fraction of sp³-hybridized carbons (Fsp3) is 0.500. The van der Waals surface area contributed by atoms with Crippen molar-refractivity contribution in [2.45, 2.75) is 40.0 Å². The molecule has 1 unspecified atom stereocenters. The van der Waals surface area contributed by atoms with E-state index < -0.39 is 0 Å². The predicted octanol–water partition coefficient (Wildman–Crippen LogP) is 4.32. The second kappa shape index (κ2) is 8.94. The monoisotopic (exact) mass is 389 g/mol. The van der Waals surface area contributed by atoms with Crippen LogP contribution >= 0.6 is 12.4 Å². The maximum Gasteiger partial charge on any atom is 0.255 e. The lowest BCUT2D eigenvalue weighted by molar-refractivity contribution is 0.0786. The number of nitrogens with zero attached hydrogens (tertiary/aromatic N) is 2. The van der Waals surface area contributed by atoms with Crippen molar-refractivity contribution in [2.24, 2.45) is 5.92 Å². The Morgan fingerprint density at radius 1 is 1.26 bits per heavy atom. The molecule has 1 aliphatic rings. The minimum Gasteiger partial charge on any atom is -0.338 e. The van der Waals surface area contributed by atoms with Crippen molar-refractivity contribution in [2.75, 3.05) is 26.7 Å². The number of likely N-dealkylation sites (tertiary alicyclic amines) is 1. The van der Waals surface area contributed by atoms with Crippen LogP contribution in [0.25, 0.3) is 5.69 Å². The summed E-state index contributed by atoms with van der Waals surface area (Å²) in [6, 6.07) is 10.7. The van der Waals surface area contributed by atoms with Crippen LogP contribution < -0.4 is 5.32 Å². The Hall–Kier alpha value is -1.78. The minimum atomic E-state index is 0. The van der Waals surface area contributed by atoms with E-state index in [4.69, 9.17) is 0 Å². The molecular weight excluding hydrogens is 358 g/mol. The summed E-state index contributed by atoms with van der Waals surface area (Å²) in [7, 11) is 1.98. The van der Waals surface area contributed by atoms with Crippen LogP contribution in [-0.4, -0.2) is 42.1 Å². The molecule has 2 aromatic rings. The number of carbonyl (C=O) groups is 1. The molecule has 0 saturated carbocycles. The lowest BCUT2D eigenvalue weighted by Gasteiger charge is -2.17. The molecule has 148 valence electrons. The van der Waals surface area contributed by atoms with Crippen LogP contribution in [0.5, 0.6) is 0 Å². The molecule has 1 aliphatic heterocycles. The van der Waals surface area contributed by atoms with Gasteiger partial charge in [-0.05, 0) is 69.5 Å². The van der Waals surface area contributed by atoms with Gasteiger partial charge in [-0.15, -0.1) is 12.4 Å². The van der Waals surface area contributed by atoms with E-state index in [-0.39, 0.29) is 18.3 Å². The van der Waals surface area contributed by atoms with Gasteiger partial charge in [-0.3, -0.25) is 4.79 Å². The van der Waals surface area contributed by atoms with Crippen LogP contribution in [0.3, 0.4) is 0 Å². The Morgan fingerprint density at radius 3 is 2.67 bits per heavy atom. The third kappa shape index (κ3) is 4.39. The molecule has 3 rings (SSSR count). The SMILES string of the molecule is CNCC1CCN(C(=O)c2cc(C)n(-c3cccc(C(C)C)c3)c2C)C1.Cl. The number of nitrogens with one attached hydrogen (secondary N) is 1. The Morgan fingerprint density at radius 2 is 2.00 bits per heavy atom. The maximum atomic E-state index is 13.1. The molecule has 1 N–H and O–H groups in total. The molecule has 5 heteroatoms. The molecule has 0 radical (unpaired) electrons. The first-order valence-corrected chi connectivity index (χ1v) is 9.65. The third-order valence-corrected chi connectivity index (χ3v) is 5.52. The van der Waals surface area contributed by atoms with Crippen molar-refractivity contribution in [3.63, 3.8) is 0 Å². The van der Waals surface area contributed by atoms with Gasteiger partial charge < -0.3 is 14.8 Å². The van der Waals surface area contributed by atoms with Crippen molar-refractivity contribution in [3.8, 4) is 5.69 Å². The highest BCUT2D eigenvalue weighted by atomic mass is 35.5. The van der Waals surface area contributed by atoms with Crippen LogP contribution in [0, 0.1) is 19.8 Å². The van der Waals surface area contributed by atoms with Crippen molar-refractivity contribution in [1.29, 1.82) is 0 Å². The number of halogens is 1. The second-order valence-corrected chi connectivity index (χ2v) is 7.83. The van der Waals surface area contributed by atoms with Crippen LogP contribution in [0.15, 0.2) is 30.3 Å². The van der Waals surface area contributed by atoms with E-state index in [9.17, 15) is 4.79 Å². The maximum absolute atomic E-state index is 13.1. The normalized spacial score (nSPS) is 16.7. The average Bonchev–Trinajstić information content (AvgIpc) is 3.19. The number of hydrogen-bond donors (Lipinski definition) is 1. The van der Waals surface area contributed by atoms with Crippen LogP contribution in [0.2, 0.25) is 0 Å². The van der Waals surface area contributed by atoms with Crippen molar-refractivity contribution < 1.29 is 4.79 Å². The van der Waals surface area contributed by atoms with E-state index >= 15 is 0 Å². The van der Waals surface area contributed by atoms with Crippen molar-refractivity contribution >= 4 is 18.3 Å². The lowest BCUT2D eigenvalue weighted by Crippen LogP contribution is -2.30.